The van der Waals surface area contributed by atoms with E-state index in [1.54, 1.807) is 90.8 Å². The van der Waals surface area contributed by atoms with Crippen molar-refractivity contribution in [3.8, 4) is 45.0 Å². The highest BCUT2D eigenvalue weighted by atomic mass is 19.1. The molecule has 1 aliphatic rings. The van der Waals surface area contributed by atoms with Crippen molar-refractivity contribution in [2.24, 2.45) is 22.9 Å². The summed E-state index contributed by atoms with van der Waals surface area (Å²) in [4.78, 5) is 97.0. The van der Waals surface area contributed by atoms with Crippen LogP contribution in [-0.2, 0) is 44.0 Å². The van der Waals surface area contributed by atoms with E-state index >= 15 is 0 Å². The fourth-order valence-electron chi connectivity index (χ4n) is 13.4. The molecule has 33 heteroatoms. The summed E-state index contributed by atoms with van der Waals surface area (Å²) in [5.41, 5.74) is 56.9. The van der Waals surface area contributed by atoms with Gasteiger partial charge in [0.25, 0.3) is 47.3 Å². The van der Waals surface area contributed by atoms with Crippen LogP contribution in [0.5, 0.6) is 0 Å². The number of ether oxygens (including phenoxy) is 1. The summed E-state index contributed by atoms with van der Waals surface area (Å²) in [5, 5.41) is 28.6. The normalized spacial score (nSPS) is 11.7. The summed E-state index contributed by atoms with van der Waals surface area (Å²) in [7, 11) is 0. The summed E-state index contributed by atoms with van der Waals surface area (Å²) in [6.07, 6.45) is 1.36. The second-order valence-corrected chi connectivity index (χ2v) is 28.6. The van der Waals surface area contributed by atoms with E-state index in [1.165, 1.54) is 57.9 Å². The maximum absolute atomic E-state index is 14.9. The maximum Gasteiger partial charge on any atom is 0.254 e. The Morgan fingerprint density at radius 3 is 1.25 bits per heavy atom. The van der Waals surface area contributed by atoms with Crippen LogP contribution in [0, 0.1) is 51.0 Å². The standard InChI is InChI=1S/C24H25F2N5O3.C22H25N5O2.2C21H22FN5O2/c1-13-2-5-16(25)11-18(13)24(33)29-12-15-4-3-14(10-19(15)26)21-20(23(28)32)22(27)31(30-21)17-6-8-34-9-7-17;1-13(2)27-20(23)18(21(24)28)19(26-27)16-10-8-15(9-11-16)12-25-22(29)17-7-5-4-6-14(17)3;1-3-27-19(23)17(20(24)28)18(26-27)14-7-5-13(6-8-14)11-25-21(29)16-10-15(22)9-4-12(16)2;1-3-27-19(23)17(20(24)28)18(26-27)15-9-8-13(10-16(15)22)11-25-21(29)14-7-5-4-6-12(14)2/h2-5,10-11,17H,6-9,12,27H2,1H3,(H2,28,32)(H,29,33);4-11,13H,12,23H2,1-3H3,(H2,24,28)(H,25,29);2*4-10H,3,11,23H2,1-2H3,(H2,24,28)(H,25,29). The molecule has 1 saturated heterocycles. The average Bonchev–Trinajstić information content (AvgIpc) is 1.64. The van der Waals surface area contributed by atoms with Gasteiger partial charge in [-0.1, -0.05) is 115 Å². The van der Waals surface area contributed by atoms with E-state index in [9.17, 15) is 55.9 Å². The van der Waals surface area contributed by atoms with Gasteiger partial charge in [-0.3, -0.25) is 38.4 Å². The highest BCUT2D eigenvalue weighted by molar-refractivity contribution is 6.06. The van der Waals surface area contributed by atoms with Gasteiger partial charge in [-0.15, -0.1) is 0 Å². The van der Waals surface area contributed by atoms with Gasteiger partial charge < -0.3 is 71.9 Å². The number of nitrogens with one attached hydrogen (secondary N) is 4. The first-order valence-corrected chi connectivity index (χ1v) is 38.5. The van der Waals surface area contributed by atoms with Gasteiger partial charge in [0.2, 0.25) is 0 Å². The molecule has 13 rings (SSSR count). The summed E-state index contributed by atoms with van der Waals surface area (Å²) in [5.74, 6) is -5.45. The zero-order chi connectivity index (χ0) is 87.8. The molecule has 121 heavy (non-hydrogen) atoms. The van der Waals surface area contributed by atoms with Crippen LogP contribution in [-0.4, -0.2) is 99.6 Å². The lowest BCUT2D eigenvalue weighted by Crippen LogP contribution is -2.24. The van der Waals surface area contributed by atoms with Crippen LogP contribution in [0.25, 0.3) is 45.0 Å². The molecule has 0 aliphatic carbocycles. The van der Waals surface area contributed by atoms with Gasteiger partial charge in [0, 0.05) is 109 Å². The van der Waals surface area contributed by atoms with E-state index in [2.05, 4.69) is 41.7 Å². The highest BCUT2D eigenvalue weighted by Gasteiger charge is 2.30. The monoisotopic (exact) mass is 1650 g/mol. The van der Waals surface area contributed by atoms with Crippen molar-refractivity contribution in [1.29, 1.82) is 0 Å². The summed E-state index contributed by atoms with van der Waals surface area (Å²) < 4.78 is 68.0. The summed E-state index contributed by atoms with van der Waals surface area (Å²) >= 11 is 0. The van der Waals surface area contributed by atoms with Crippen LogP contribution < -0.4 is 67.1 Å². The molecule has 0 atom stereocenters. The van der Waals surface area contributed by atoms with Gasteiger partial charge in [-0.25, -0.2) is 36.3 Å². The van der Waals surface area contributed by atoms with Crippen LogP contribution in [0.3, 0.4) is 0 Å². The second-order valence-electron chi connectivity index (χ2n) is 28.6. The fraction of sp³-hybridized carbons (Fsp3) is 0.227. The number of hydrogen-bond acceptors (Lipinski definition) is 17. The molecule has 8 amide bonds. The molecule has 8 aromatic carbocycles. The zero-order valence-electron chi connectivity index (χ0n) is 67.8. The molecule has 20 N–H and O–H groups in total. The lowest BCUT2D eigenvalue weighted by molar-refractivity contribution is 0.0669. The molecule has 0 radical (unpaired) electrons. The number of hydrogen-bond donors (Lipinski definition) is 12. The number of rotatable bonds is 24. The molecule has 0 saturated carbocycles. The molecular formula is C88H94F4N20O9. The van der Waals surface area contributed by atoms with Crippen molar-refractivity contribution in [1.82, 2.24) is 60.4 Å². The molecule has 4 aromatic heterocycles. The Labute approximate surface area is 694 Å². The Balaban J connectivity index is 0.000000170. The number of benzene rings is 8. The van der Waals surface area contributed by atoms with Crippen molar-refractivity contribution >= 4 is 70.5 Å². The van der Waals surface area contributed by atoms with Crippen molar-refractivity contribution < 1.29 is 60.7 Å². The number of nitrogens with zero attached hydrogens (tertiary/aromatic N) is 8. The van der Waals surface area contributed by atoms with Gasteiger partial charge in [0.1, 0.15) is 91.6 Å². The largest absolute Gasteiger partial charge is 0.383 e. The lowest BCUT2D eigenvalue weighted by atomic mass is 10.0. The Kier molecular flexibility index (Phi) is 28.9. The number of aromatic nitrogens is 8. The number of anilines is 4. The van der Waals surface area contributed by atoms with E-state index in [0.29, 0.717) is 102 Å². The topological polar surface area (TPSA) is 473 Å². The number of primary amides is 4. The van der Waals surface area contributed by atoms with Crippen LogP contribution in [0.2, 0.25) is 0 Å². The van der Waals surface area contributed by atoms with Gasteiger partial charge in [-0.05, 0) is 162 Å². The van der Waals surface area contributed by atoms with Gasteiger partial charge in [0.15, 0.2) is 0 Å². The highest BCUT2D eigenvalue weighted by Crippen LogP contribution is 2.36. The van der Waals surface area contributed by atoms with Crippen LogP contribution in [0.1, 0.15) is 180 Å². The van der Waals surface area contributed by atoms with Crippen molar-refractivity contribution in [2.75, 3.05) is 36.1 Å². The van der Waals surface area contributed by atoms with Gasteiger partial charge in [-0.2, -0.15) is 20.4 Å². The summed E-state index contributed by atoms with van der Waals surface area (Å²) in [6, 6.07) is 46.0. The van der Waals surface area contributed by atoms with Crippen molar-refractivity contribution in [3.63, 3.8) is 0 Å². The smallest absolute Gasteiger partial charge is 0.254 e. The molecule has 29 nitrogen and oxygen atoms in total. The summed E-state index contributed by atoms with van der Waals surface area (Å²) in [6.45, 7) is 17.4. The van der Waals surface area contributed by atoms with E-state index in [0.717, 1.165) is 33.9 Å². The van der Waals surface area contributed by atoms with Crippen molar-refractivity contribution in [2.45, 2.75) is 120 Å². The Hall–Kier alpha value is -14.8. The SMILES string of the molecule is CCn1nc(-c2ccc(CNC(=O)c3cc(F)ccc3C)cc2)c(C(N)=O)c1N.CCn1nc(-c2ccc(CNC(=O)c3ccccc3C)cc2F)c(C(N)=O)c1N.Cc1ccc(F)cc1C(=O)NCc1ccc(-c2nn(C3CCOCC3)c(N)c2C(N)=O)cc1F.Cc1ccccc1C(=O)NCc1ccc(-c2nn(C(C)C)c(N)c2C(N)=O)cc1. The third kappa shape index (κ3) is 21.0. The quantitative estimate of drug-likeness (QED) is 0.0250. The Morgan fingerprint density at radius 1 is 0.413 bits per heavy atom. The molecule has 12 aromatic rings. The minimum Gasteiger partial charge on any atom is -0.383 e. The third-order valence-corrected chi connectivity index (χ3v) is 20.0. The lowest BCUT2D eigenvalue weighted by Gasteiger charge is -2.23. The number of halogens is 4. The van der Waals surface area contributed by atoms with Crippen LogP contribution in [0.15, 0.2) is 170 Å². The minimum absolute atomic E-state index is 0.00206. The molecule has 628 valence electrons. The van der Waals surface area contributed by atoms with Crippen LogP contribution in [0.4, 0.5) is 40.8 Å². The first-order chi connectivity index (χ1) is 57.7. The predicted octanol–water partition coefficient (Wildman–Crippen LogP) is 11.4. The van der Waals surface area contributed by atoms with Gasteiger partial charge >= 0.3 is 0 Å². The average molecular weight is 1650 g/mol. The first kappa shape index (κ1) is 88.6. The van der Waals surface area contributed by atoms with E-state index in [4.69, 9.17) is 50.6 Å². The number of nitrogen functional groups attached to an aromatic ring is 4. The molecule has 5 heterocycles. The Bertz CT molecular complexity index is 5880. The van der Waals surface area contributed by atoms with E-state index < -0.39 is 52.8 Å². The number of carbonyl (C=O) groups is 8. The molecule has 0 bridgehead atoms. The van der Waals surface area contributed by atoms with Crippen LogP contribution >= 0.6 is 0 Å². The molecule has 1 fully saturated rings. The first-order valence-electron chi connectivity index (χ1n) is 38.5. The Morgan fingerprint density at radius 2 is 0.802 bits per heavy atom. The zero-order valence-corrected chi connectivity index (χ0v) is 67.8. The van der Waals surface area contributed by atoms with E-state index in [-0.39, 0.29) is 123 Å². The number of carbonyl (C=O) groups excluding carboxylic acids is 8. The molecule has 0 spiro atoms. The maximum atomic E-state index is 14.9. The van der Waals surface area contributed by atoms with E-state index in [1.807, 2.05) is 89.2 Å². The molecular weight excluding hydrogens is 1560 g/mol. The second kappa shape index (κ2) is 39.5. The number of amides is 8. The third-order valence-electron chi connectivity index (χ3n) is 20.0. The molecule has 1 aliphatic heterocycles. The number of nitrogens with two attached hydrogens (primary N) is 8. The fourth-order valence-corrected chi connectivity index (χ4v) is 13.4. The predicted molar refractivity (Wildman–Crippen MR) is 452 cm³/mol. The minimum atomic E-state index is -0.772. The van der Waals surface area contributed by atoms with Gasteiger partial charge in [0.05, 0.1) is 6.04 Å². The number of aryl methyl sites for hydroxylation is 6. The van der Waals surface area contributed by atoms with Crippen molar-refractivity contribution in [3.05, 3.63) is 282 Å². The molecule has 0 unspecified atom stereocenters.